The molecule has 0 saturated heterocycles. The van der Waals surface area contributed by atoms with E-state index in [9.17, 15) is 5.11 Å². The molecule has 0 aliphatic heterocycles. The lowest BCUT2D eigenvalue weighted by atomic mass is 9.88. The summed E-state index contributed by atoms with van der Waals surface area (Å²) < 4.78 is 1.17. The molecule has 1 aliphatic rings. The molecule has 1 aromatic rings. The highest BCUT2D eigenvalue weighted by molar-refractivity contribution is 9.10. The zero-order chi connectivity index (χ0) is 11.5. The van der Waals surface area contributed by atoms with E-state index in [0.717, 1.165) is 19.3 Å². The van der Waals surface area contributed by atoms with Gasteiger partial charge in [-0.1, -0.05) is 22.0 Å². The fourth-order valence-corrected chi connectivity index (χ4v) is 2.64. The summed E-state index contributed by atoms with van der Waals surface area (Å²) in [7, 11) is 0. The van der Waals surface area contributed by atoms with Gasteiger partial charge in [-0.25, -0.2) is 0 Å². The molecule has 1 aromatic carbocycles. The van der Waals surface area contributed by atoms with Crippen LogP contribution < -0.4 is 5.32 Å². The summed E-state index contributed by atoms with van der Waals surface area (Å²) in [5, 5.41) is 12.7. The molecule has 0 bridgehead atoms. The van der Waals surface area contributed by atoms with E-state index in [1.165, 1.54) is 15.6 Å². The highest BCUT2D eigenvalue weighted by atomic mass is 79.9. The third-order valence-electron chi connectivity index (χ3n) is 3.10. The van der Waals surface area contributed by atoms with Crippen LogP contribution in [0.1, 0.15) is 24.5 Å². The molecule has 2 rings (SSSR count). The van der Waals surface area contributed by atoms with Crippen molar-refractivity contribution in [3.63, 3.8) is 0 Å². The van der Waals surface area contributed by atoms with Gasteiger partial charge in [-0.3, -0.25) is 0 Å². The predicted octanol–water partition coefficient (Wildman–Crippen LogP) is 2.28. The van der Waals surface area contributed by atoms with E-state index in [0.29, 0.717) is 12.6 Å². The zero-order valence-corrected chi connectivity index (χ0v) is 11.1. The lowest BCUT2D eigenvalue weighted by molar-refractivity contribution is 0.184. The molecule has 0 radical (unpaired) electrons. The molecule has 88 valence electrons. The normalized spacial score (nSPS) is 21.6. The Morgan fingerprint density at radius 1 is 1.50 bits per heavy atom. The summed E-state index contributed by atoms with van der Waals surface area (Å²) in [5.74, 6) is 0. The molecule has 1 aliphatic carbocycles. The van der Waals surface area contributed by atoms with Crippen LogP contribution in [0.15, 0.2) is 22.7 Å². The smallest absolute Gasteiger partial charge is 0.0636 e. The van der Waals surface area contributed by atoms with Crippen LogP contribution in [0, 0.1) is 0 Å². The molecule has 0 spiro atoms. The van der Waals surface area contributed by atoms with Crippen molar-refractivity contribution in [2.45, 2.75) is 38.3 Å². The van der Waals surface area contributed by atoms with Crippen LogP contribution in [-0.4, -0.2) is 23.8 Å². The number of aliphatic hydroxyl groups excluding tert-OH is 1. The first kappa shape index (κ1) is 12.1. The Hall–Kier alpha value is -0.380. The molecular weight excluding hydrogens is 266 g/mol. The van der Waals surface area contributed by atoms with E-state index >= 15 is 0 Å². The lowest BCUT2D eigenvalue weighted by Crippen LogP contribution is -2.38. The van der Waals surface area contributed by atoms with Gasteiger partial charge < -0.3 is 10.4 Å². The average Bonchev–Trinajstić information content (AvgIpc) is 2.26. The molecule has 0 heterocycles. The molecule has 0 fully saturated rings. The number of aliphatic hydroxyl groups is 1. The van der Waals surface area contributed by atoms with Crippen molar-refractivity contribution in [3.8, 4) is 0 Å². The number of halogens is 1. The minimum absolute atomic E-state index is 0.258. The summed E-state index contributed by atoms with van der Waals surface area (Å²) in [6.45, 7) is 2.51. The second-order valence-corrected chi connectivity index (χ2v) is 5.53. The molecule has 2 nitrogen and oxygen atoms in total. The van der Waals surface area contributed by atoms with Crippen molar-refractivity contribution in [3.05, 3.63) is 33.8 Å². The molecule has 1 unspecified atom stereocenters. The number of nitrogens with one attached hydrogen (secondary N) is 1. The van der Waals surface area contributed by atoms with E-state index in [2.05, 4.69) is 39.4 Å². The van der Waals surface area contributed by atoms with Crippen LogP contribution in [-0.2, 0) is 12.8 Å². The lowest BCUT2D eigenvalue weighted by Gasteiger charge is -2.26. The fourth-order valence-electron chi connectivity index (χ4n) is 2.24. The van der Waals surface area contributed by atoms with Gasteiger partial charge in [-0.2, -0.15) is 0 Å². The molecule has 2 N–H and O–H groups in total. The Kier molecular flexibility index (Phi) is 4.00. The minimum Gasteiger partial charge on any atom is -0.392 e. The molecule has 0 aromatic heterocycles. The van der Waals surface area contributed by atoms with Crippen LogP contribution in [0.25, 0.3) is 0 Å². The fraction of sp³-hybridized carbons (Fsp3) is 0.538. The molecule has 3 heteroatoms. The average molecular weight is 284 g/mol. The minimum atomic E-state index is -0.258. The molecule has 0 amide bonds. The summed E-state index contributed by atoms with van der Waals surface area (Å²) >= 11 is 3.51. The van der Waals surface area contributed by atoms with Gasteiger partial charge in [-0.15, -0.1) is 0 Å². The number of fused-ring (bicyclic) bond motifs is 1. The second kappa shape index (κ2) is 5.30. The number of benzene rings is 1. The van der Waals surface area contributed by atoms with Crippen molar-refractivity contribution in [2.24, 2.45) is 0 Å². The Balaban J connectivity index is 1.98. The molecule has 16 heavy (non-hydrogen) atoms. The third kappa shape index (κ3) is 3.06. The van der Waals surface area contributed by atoms with Gasteiger partial charge in [0.05, 0.1) is 6.10 Å². The quantitative estimate of drug-likeness (QED) is 0.892. The number of aryl methyl sites for hydroxylation is 1. The zero-order valence-electron chi connectivity index (χ0n) is 9.54. The first-order chi connectivity index (χ1) is 7.65. The van der Waals surface area contributed by atoms with Crippen molar-refractivity contribution in [1.82, 2.24) is 5.32 Å². The maximum Gasteiger partial charge on any atom is 0.0636 e. The Morgan fingerprint density at radius 3 is 3.06 bits per heavy atom. The van der Waals surface area contributed by atoms with Crippen molar-refractivity contribution >= 4 is 15.9 Å². The summed E-state index contributed by atoms with van der Waals surface area (Å²) in [5.41, 5.74) is 2.90. The topological polar surface area (TPSA) is 32.3 Å². The Bertz CT molecular complexity index is 365. The number of hydrogen-bond donors (Lipinski definition) is 2. The first-order valence-electron chi connectivity index (χ1n) is 5.84. The van der Waals surface area contributed by atoms with Gasteiger partial charge in [0.25, 0.3) is 0 Å². The summed E-state index contributed by atoms with van der Waals surface area (Å²) in [4.78, 5) is 0. The van der Waals surface area contributed by atoms with E-state index in [4.69, 9.17) is 0 Å². The Labute approximate surface area is 105 Å². The van der Waals surface area contributed by atoms with E-state index < -0.39 is 0 Å². The standard InChI is InChI=1S/C13H18BrNO/c1-9(16)8-15-13-5-3-10-6-12(14)4-2-11(10)7-13/h2,4,6,9,13,15-16H,3,5,7-8H2,1H3/t9-,13?/m1/s1. The SMILES string of the molecule is C[C@@H](O)CNC1CCc2cc(Br)ccc2C1. The summed E-state index contributed by atoms with van der Waals surface area (Å²) in [6, 6.07) is 7.05. The third-order valence-corrected chi connectivity index (χ3v) is 3.59. The van der Waals surface area contributed by atoms with Gasteiger partial charge in [0, 0.05) is 17.1 Å². The van der Waals surface area contributed by atoms with Gasteiger partial charge in [0.2, 0.25) is 0 Å². The van der Waals surface area contributed by atoms with Crippen LogP contribution in [0.5, 0.6) is 0 Å². The second-order valence-electron chi connectivity index (χ2n) is 4.61. The van der Waals surface area contributed by atoms with Gasteiger partial charge in [-0.05, 0) is 49.4 Å². The van der Waals surface area contributed by atoms with Crippen LogP contribution in [0.4, 0.5) is 0 Å². The monoisotopic (exact) mass is 283 g/mol. The van der Waals surface area contributed by atoms with Gasteiger partial charge in [0.1, 0.15) is 0 Å². The largest absolute Gasteiger partial charge is 0.392 e. The highest BCUT2D eigenvalue weighted by Gasteiger charge is 2.18. The van der Waals surface area contributed by atoms with E-state index in [1.807, 2.05) is 6.92 Å². The van der Waals surface area contributed by atoms with Crippen molar-refractivity contribution < 1.29 is 5.11 Å². The van der Waals surface area contributed by atoms with Crippen LogP contribution in [0.3, 0.4) is 0 Å². The molecule has 0 saturated carbocycles. The number of hydrogen-bond acceptors (Lipinski definition) is 2. The molecular formula is C13H18BrNO. The van der Waals surface area contributed by atoms with Gasteiger partial charge in [0.15, 0.2) is 0 Å². The van der Waals surface area contributed by atoms with Crippen LogP contribution >= 0.6 is 15.9 Å². The van der Waals surface area contributed by atoms with Crippen molar-refractivity contribution in [1.29, 1.82) is 0 Å². The maximum absolute atomic E-state index is 9.25. The van der Waals surface area contributed by atoms with E-state index in [1.54, 1.807) is 0 Å². The molecule has 2 atom stereocenters. The Morgan fingerprint density at radius 2 is 2.31 bits per heavy atom. The predicted molar refractivity (Wildman–Crippen MR) is 69.6 cm³/mol. The first-order valence-corrected chi connectivity index (χ1v) is 6.63. The highest BCUT2D eigenvalue weighted by Crippen LogP contribution is 2.24. The van der Waals surface area contributed by atoms with Gasteiger partial charge >= 0.3 is 0 Å². The van der Waals surface area contributed by atoms with E-state index in [-0.39, 0.29) is 6.10 Å². The van der Waals surface area contributed by atoms with Crippen molar-refractivity contribution in [2.75, 3.05) is 6.54 Å². The summed E-state index contributed by atoms with van der Waals surface area (Å²) in [6.07, 6.45) is 3.11. The maximum atomic E-state index is 9.25. The number of rotatable bonds is 3. The van der Waals surface area contributed by atoms with Crippen LogP contribution in [0.2, 0.25) is 0 Å².